The Morgan fingerprint density at radius 2 is 1.64 bits per heavy atom. The van der Waals surface area contributed by atoms with E-state index in [0.717, 1.165) is 0 Å². The molecule has 0 bridgehead atoms. The Bertz CT molecular complexity index is 143. The van der Waals surface area contributed by atoms with Gasteiger partial charge < -0.3 is 9.69 Å². The number of ketones is 1. The van der Waals surface area contributed by atoms with Crippen LogP contribution in [0.1, 0.15) is 13.3 Å². The van der Waals surface area contributed by atoms with E-state index in [1.165, 1.54) is 11.8 Å². The molecule has 0 aliphatic carbocycles. The first-order chi connectivity index (χ1) is 5.04. The molecule has 0 spiro atoms. The molecule has 0 atom stereocenters. The van der Waals surface area contributed by atoms with Crippen LogP contribution in [-0.2, 0) is 14.4 Å². The van der Waals surface area contributed by atoms with Crippen molar-refractivity contribution in [1.82, 2.24) is 4.90 Å². The fourth-order valence-corrected chi connectivity index (χ4v) is 0.371. The summed E-state index contributed by atoms with van der Waals surface area (Å²) >= 11 is 0. The maximum atomic E-state index is 10.7. The van der Waals surface area contributed by atoms with Crippen LogP contribution in [0.2, 0.25) is 0 Å². The van der Waals surface area contributed by atoms with Crippen molar-refractivity contribution in [3.8, 4) is 0 Å². The zero-order chi connectivity index (χ0) is 9.44. The smallest absolute Gasteiger partial charge is 0.229 e. The normalized spacial score (nSPS) is 7.55. The van der Waals surface area contributed by atoms with Crippen molar-refractivity contribution in [2.45, 2.75) is 13.3 Å². The zero-order valence-corrected chi connectivity index (χ0v) is 7.09. The Kier molecular flexibility index (Phi) is 7.86. The summed E-state index contributed by atoms with van der Waals surface area (Å²) in [6, 6.07) is 0. The number of rotatable bonds is 2. The second kappa shape index (κ2) is 6.92. The molecule has 1 amide bonds. The first-order valence-corrected chi connectivity index (χ1v) is 3.02. The molecule has 64 valence electrons. The van der Waals surface area contributed by atoms with E-state index in [-0.39, 0.29) is 18.1 Å². The molecule has 11 heavy (non-hydrogen) atoms. The molecule has 0 rings (SSSR count). The van der Waals surface area contributed by atoms with Gasteiger partial charge in [0.2, 0.25) is 5.91 Å². The van der Waals surface area contributed by atoms with Gasteiger partial charge in [-0.15, -0.1) is 0 Å². The number of hydrogen-bond donors (Lipinski definition) is 0. The lowest BCUT2D eigenvalue weighted by molar-refractivity contribution is -0.132. The Morgan fingerprint density at radius 3 is 1.73 bits per heavy atom. The molecule has 0 aromatic carbocycles. The second-order valence-electron chi connectivity index (χ2n) is 2.17. The average Bonchev–Trinajstić information content (AvgIpc) is 1.90. The summed E-state index contributed by atoms with van der Waals surface area (Å²) in [5.74, 6) is -0.226. The van der Waals surface area contributed by atoms with Gasteiger partial charge in [0.05, 0.1) is 6.42 Å². The first-order valence-electron chi connectivity index (χ1n) is 3.02. The molecular formula is C7H13NO3. The largest absolute Gasteiger partial charge is 0.348 e. The lowest BCUT2D eigenvalue weighted by Crippen LogP contribution is -2.23. The van der Waals surface area contributed by atoms with Crippen molar-refractivity contribution in [1.29, 1.82) is 0 Å². The fraction of sp³-hybridized carbons (Fsp3) is 0.571. The molecule has 0 N–H and O–H groups in total. The van der Waals surface area contributed by atoms with E-state index in [4.69, 9.17) is 4.79 Å². The van der Waals surface area contributed by atoms with Gasteiger partial charge in [0.1, 0.15) is 12.6 Å². The molecule has 0 radical (unpaired) electrons. The van der Waals surface area contributed by atoms with Crippen molar-refractivity contribution in [3.05, 3.63) is 0 Å². The van der Waals surface area contributed by atoms with Crippen molar-refractivity contribution < 1.29 is 14.4 Å². The monoisotopic (exact) mass is 159 g/mol. The molecule has 0 saturated carbocycles. The van der Waals surface area contributed by atoms with Crippen molar-refractivity contribution in [2.24, 2.45) is 0 Å². The maximum Gasteiger partial charge on any atom is 0.229 e. The third kappa shape index (κ3) is 8.81. The van der Waals surface area contributed by atoms with Crippen LogP contribution in [0.5, 0.6) is 0 Å². The van der Waals surface area contributed by atoms with Gasteiger partial charge in [0, 0.05) is 14.1 Å². The van der Waals surface area contributed by atoms with E-state index in [0.29, 0.717) is 0 Å². The van der Waals surface area contributed by atoms with Crippen LogP contribution in [0.3, 0.4) is 0 Å². The number of nitrogens with zero attached hydrogens (tertiary/aromatic N) is 1. The SMILES string of the molecule is C=O.CC(=O)CC(=O)N(C)C. The topological polar surface area (TPSA) is 54.5 Å². The van der Waals surface area contributed by atoms with Gasteiger partial charge in [-0.25, -0.2) is 0 Å². The van der Waals surface area contributed by atoms with E-state index in [1.54, 1.807) is 14.1 Å². The van der Waals surface area contributed by atoms with Crippen LogP contribution in [0.4, 0.5) is 0 Å². The van der Waals surface area contributed by atoms with E-state index in [2.05, 4.69) is 0 Å². The van der Waals surface area contributed by atoms with Crippen molar-refractivity contribution >= 4 is 18.5 Å². The summed E-state index contributed by atoms with van der Waals surface area (Å²) in [7, 11) is 3.26. The van der Waals surface area contributed by atoms with Crippen molar-refractivity contribution in [2.75, 3.05) is 14.1 Å². The van der Waals surface area contributed by atoms with Gasteiger partial charge in [-0.1, -0.05) is 0 Å². The summed E-state index contributed by atoms with van der Waals surface area (Å²) in [6.45, 7) is 3.40. The Labute approximate surface area is 66.2 Å². The minimum absolute atomic E-state index is 0.0208. The second-order valence-corrected chi connectivity index (χ2v) is 2.17. The van der Waals surface area contributed by atoms with Gasteiger partial charge in [-0.3, -0.25) is 9.59 Å². The highest BCUT2D eigenvalue weighted by Crippen LogP contribution is 1.86. The Balaban J connectivity index is 0. The highest BCUT2D eigenvalue weighted by molar-refractivity contribution is 5.96. The summed E-state index contributed by atoms with van der Waals surface area (Å²) in [5.41, 5.74) is 0. The Hall–Kier alpha value is -1.19. The number of carbonyl (C=O) groups excluding carboxylic acids is 3. The molecule has 0 fully saturated rings. The Morgan fingerprint density at radius 1 is 1.27 bits per heavy atom. The van der Waals surface area contributed by atoms with E-state index in [1.807, 2.05) is 6.79 Å². The highest BCUT2D eigenvalue weighted by Gasteiger charge is 2.05. The molecule has 4 nitrogen and oxygen atoms in total. The van der Waals surface area contributed by atoms with E-state index >= 15 is 0 Å². The fourth-order valence-electron chi connectivity index (χ4n) is 0.371. The van der Waals surface area contributed by atoms with E-state index in [9.17, 15) is 9.59 Å². The molecule has 0 aliphatic rings. The van der Waals surface area contributed by atoms with E-state index < -0.39 is 0 Å². The standard InChI is InChI=1S/C6H11NO2.CH2O/c1-5(8)4-6(9)7(2)3;1-2/h4H2,1-3H3;1H2. The average molecular weight is 159 g/mol. The molecule has 0 unspecified atom stereocenters. The summed E-state index contributed by atoms with van der Waals surface area (Å²) in [6.07, 6.45) is 0.0208. The molecular weight excluding hydrogens is 146 g/mol. The van der Waals surface area contributed by atoms with Crippen LogP contribution < -0.4 is 0 Å². The minimum atomic E-state index is -0.137. The molecule has 0 aromatic heterocycles. The lowest BCUT2D eigenvalue weighted by atomic mass is 10.3. The van der Waals surface area contributed by atoms with Crippen LogP contribution in [0.25, 0.3) is 0 Å². The maximum absolute atomic E-state index is 10.7. The quantitative estimate of drug-likeness (QED) is 0.527. The summed E-state index contributed by atoms with van der Waals surface area (Å²) in [5, 5.41) is 0. The summed E-state index contributed by atoms with van der Waals surface area (Å²) in [4.78, 5) is 30.4. The number of Topliss-reactive ketones (excluding diaryl/α,β-unsaturated/α-hetero) is 1. The van der Waals surface area contributed by atoms with Gasteiger partial charge in [0.15, 0.2) is 0 Å². The zero-order valence-electron chi connectivity index (χ0n) is 7.09. The van der Waals surface area contributed by atoms with Gasteiger partial charge in [0.25, 0.3) is 0 Å². The summed E-state index contributed by atoms with van der Waals surface area (Å²) < 4.78 is 0. The number of carbonyl (C=O) groups is 3. The molecule has 4 heteroatoms. The first kappa shape index (κ1) is 12.5. The molecule has 0 aliphatic heterocycles. The third-order valence-electron chi connectivity index (χ3n) is 0.899. The van der Waals surface area contributed by atoms with Gasteiger partial charge in [-0.05, 0) is 6.92 Å². The van der Waals surface area contributed by atoms with Gasteiger partial charge >= 0.3 is 0 Å². The minimum Gasteiger partial charge on any atom is -0.348 e. The number of amides is 1. The van der Waals surface area contributed by atoms with Gasteiger partial charge in [-0.2, -0.15) is 0 Å². The third-order valence-corrected chi connectivity index (χ3v) is 0.899. The predicted octanol–water partition coefficient (Wildman–Crippen LogP) is -0.131. The predicted molar refractivity (Wildman–Crippen MR) is 41.1 cm³/mol. The molecule has 0 heterocycles. The van der Waals surface area contributed by atoms with Crippen LogP contribution >= 0.6 is 0 Å². The number of hydrogen-bond acceptors (Lipinski definition) is 3. The molecule has 0 aromatic rings. The molecule has 0 saturated heterocycles. The van der Waals surface area contributed by atoms with Crippen LogP contribution in [0, 0.1) is 0 Å². The van der Waals surface area contributed by atoms with Crippen LogP contribution in [0.15, 0.2) is 0 Å². The lowest BCUT2D eigenvalue weighted by Gasteiger charge is -2.06. The van der Waals surface area contributed by atoms with Crippen LogP contribution in [-0.4, -0.2) is 37.5 Å². The van der Waals surface area contributed by atoms with Crippen molar-refractivity contribution in [3.63, 3.8) is 0 Å². The highest BCUT2D eigenvalue weighted by atomic mass is 16.2.